The van der Waals surface area contributed by atoms with Crippen LogP contribution in [-0.2, 0) is 12.8 Å². The molecule has 106 valence electrons. The Bertz CT molecular complexity index is 590. The van der Waals surface area contributed by atoms with Crippen LogP contribution in [-0.4, -0.2) is 10.7 Å². The first-order chi connectivity index (χ1) is 9.35. The van der Waals surface area contributed by atoms with E-state index in [9.17, 15) is 9.50 Å². The van der Waals surface area contributed by atoms with E-state index in [1.54, 1.807) is 13.0 Å². The number of halogens is 2. The van der Waals surface area contributed by atoms with E-state index in [2.05, 4.69) is 15.9 Å². The average Bonchev–Trinajstić information content (AvgIpc) is 2.36. The summed E-state index contributed by atoms with van der Waals surface area (Å²) in [6.07, 6.45) is 0.975. The van der Waals surface area contributed by atoms with Crippen LogP contribution in [0.5, 0.6) is 0 Å². The molecule has 0 aliphatic rings. The number of hydrogen-bond acceptors (Lipinski definition) is 1. The summed E-state index contributed by atoms with van der Waals surface area (Å²) in [5, 5.41) is 10.6. The van der Waals surface area contributed by atoms with Crippen LogP contribution in [0.4, 0.5) is 4.39 Å². The zero-order valence-corrected chi connectivity index (χ0v) is 13.2. The van der Waals surface area contributed by atoms with Crippen molar-refractivity contribution >= 4 is 15.9 Å². The van der Waals surface area contributed by atoms with Crippen LogP contribution in [0.1, 0.15) is 23.6 Å². The zero-order chi connectivity index (χ0) is 14.8. The second-order valence-electron chi connectivity index (χ2n) is 5.55. The van der Waals surface area contributed by atoms with Gasteiger partial charge < -0.3 is 5.11 Å². The molecule has 0 bridgehead atoms. The van der Waals surface area contributed by atoms with E-state index < -0.39 is 5.60 Å². The SMILES string of the molecule is Cc1ccc(F)cc1CC(C)(O)Cc1ccc(Br)cc1. The minimum absolute atomic E-state index is 0.259. The van der Waals surface area contributed by atoms with Crippen LogP contribution in [0, 0.1) is 12.7 Å². The maximum atomic E-state index is 13.3. The van der Waals surface area contributed by atoms with Gasteiger partial charge in [-0.15, -0.1) is 0 Å². The lowest BCUT2D eigenvalue weighted by atomic mass is 9.88. The largest absolute Gasteiger partial charge is 0.389 e. The van der Waals surface area contributed by atoms with Gasteiger partial charge in [-0.05, 0) is 54.8 Å². The quantitative estimate of drug-likeness (QED) is 0.875. The minimum Gasteiger partial charge on any atom is -0.389 e. The third-order valence-electron chi connectivity index (χ3n) is 3.38. The monoisotopic (exact) mass is 336 g/mol. The lowest BCUT2D eigenvalue weighted by molar-refractivity contribution is 0.0606. The summed E-state index contributed by atoms with van der Waals surface area (Å²) < 4.78 is 14.3. The van der Waals surface area contributed by atoms with Crippen molar-refractivity contribution in [1.29, 1.82) is 0 Å². The smallest absolute Gasteiger partial charge is 0.123 e. The van der Waals surface area contributed by atoms with Crippen LogP contribution in [0.15, 0.2) is 46.9 Å². The van der Waals surface area contributed by atoms with Crippen molar-refractivity contribution in [1.82, 2.24) is 0 Å². The molecule has 1 N–H and O–H groups in total. The Morgan fingerprint density at radius 3 is 2.40 bits per heavy atom. The van der Waals surface area contributed by atoms with E-state index in [0.29, 0.717) is 12.8 Å². The number of aryl methyl sites for hydroxylation is 1. The van der Waals surface area contributed by atoms with Gasteiger partial charge in [-0.1, -0.05) is 34.1 Å². The summed E-state index contributed by atoms with van der Waals surface area (Å²) in [5.41, 5.74) is 2.02. The zero-order valence-electron chi connectivity index (χ0n) is 11.7. The van der Waals surface area contributed by atoms with Gasteiger partial charge in [0.05, 0.1) is 5.60 Å². The van der Waals surface area contributed by atoms with E-state index in [-0.39, 0.29) is 5.82 Å². The van der Waals surface area contributed by atoms with Crippen LogP contribution < -0.4 is 0 Å². The van der Waals surface area contributed by atoms with Crippen molar-refractivity contribution in [3.63, 3.8) is 0 Å². The molecule has 1 unspecified atom stereocenters. The molecule has 0 heterocycles. The van der Waals surface area contributed by atoms with E-state index in [1.165, 1.54) is 12.1 Å². The van der Waals surface area contributed by atoms with Gasteiger partial charge in [0.15, 0.2) is 0 Å². The Kier molecular flexibility index (Phi) is 4.61. The first-order valence-corrected chi connectivity index (χ1v) is 7.37. The van der Waals surface area contributed by atoms with E-state index in [4.69, 9.17) is 0 Å². The van der Waals surface area contributed by atoms with Gasteiger partial charge in [0.1, 0.15) is 5.82 Å². The predicted molar refractivity (Wildman–Crippen MR) is 83.3 cm³/mol. The third-order valence-corrected chi connectivity index (χ3v) is 3.91. The van der Waals surface area contributed by atoms with Crippen molar-refractivity contribution in [3.8, 4) is 0 Å². The van der Waals surface area contributed by atoms with Gasteiger partial charge in [-0.2, -0.15) is 0 Å². The van der Waals surface area contributed by atoms with Gasteiger partial charge in [0.2, 0.25) is 0 Å². The fourth-order valence-corrected chi connectivity index (χ4v) is 2.61. The molecule has 3 heteroatoms. The van der Waals surface area contributed by atoms with Crippen LogP contribution >= 0.6 is 15.9 Å². The maximum Gasteiger partial charge on any atom is 0.123 e. The summed E-state index contributed by atoms with van der Waals surface area (Å²) in [6, 6.07) is 12.6. The van der Waals surface area contributed by atoms with Gasteiger partial charge >= 0.3 is 0 Å². The highest BCUT2D eigenvalue weighted by Gasteiger charge is 2.22. The lowest BCUT2D eigenvalue weighted by Crippen LogP contribution is -2.30. The standard InChI is InChI=1S/C17H18BrFO/c1-12-3-8-16(19)9-14(12)11-17(2,20)10-13-4-6-15(18)7-5-13/h3-9,20H,10-11H2,1-2H3. The van der Waals surface area contributed by atoms with Gasteiger partial charge in [0.25, 0.3) is 0 Å². The van der Waals surface area contributed by atoms with E-state index >= 15 is 0 Å². The first kappa shape index (κ1) is 15.2. The van der Waals surface area contributed by atoms with Crippen LogP contribution in [0.2, 0.25) is 0 Å². The maximum absolute atomic E-state index is 13.3. The Balaban J connectivity index is 2.14. The average molecular weight is 337 g/mol. The van der Waals surface area contributed by atoms with Crippen molar-refractivity contribution in [2.24, 2.45) is 0 Å². The Hall–Kier alpha value is -1.19. The molecule has 0 aliphatic carbocycles. The highest BCUT2D eigenvalue weighted by molar-refractivity contribution is 9.10. The topological polar surface area (TPSA) is 20.2 Å². The van der Waals surface area contributed by atoms with Crippen molar-refractivity contribution < 1.29 is 9.50 Å². The summed E-state index contributed by atoms with van der Waals surface area (Å²) in [7, 11) is 0. The molecule has 1 atom stereocenters. The van der Waals surface area contributed by atoms with Crippen LogP contribution in [0.25, 0.3) is 0 Å². The molecule has 0 saturated carbocycles. The fourth-order valence-electron chi connectivity index (χ4n) is 2.35. The molecule has 2 rings (SSSR count). The highest BCUT2D eigenvalue weighted by Crippen LogP contribution is 2.22. The molecule has 2 aromatic rings. The molecule has 0 saturated heterocycles. The van der Waals surface area contributed by atoms with Crippen molar-refractivity contribution in [2.75, 3.05) is 0 Å². The summed E-state index contributed by atoms with van der Waals surface area (Å²) in [4.78, 5) is 0. The molecule has 0 fully saturated rings. The molecule has 0 radical (unpaired) electrons. The number of benzene rings is 2. The summed E-state index contributed by atoms with van der Waals surface area (Å²) >= 11 is 3.39. The molecule has 0 aromatic heterocycles. The Morgan fingerprint density at radius 1 is 1.10 bits per heavy atom. The van der Waals surface area contributed by atoms with Crippen molar-refractivity contribution in [2.45, 2.75) is 32.3 Å². The second kappa shape index (κ2) is 6.06. The summed E-state index contributed by atoms with van der Waals surface area (Å²) in [5.74, 6) is -0.259. The Morgan fingerprint density at radius 2 is 1.75 bits per heavy atom. The number of rotatable bonds is 4. The third kappa shape index (κ3) is 4.15. The molecule has 2 aromatic carbocycles. The lowest BCUT2D eigenvalue weighted by Gasteiger charge is -2.24. The first-order valence-electron chi connectivity index (χ1n) is 6.58. The van der Waals surface area contributed by atoms with Gasteiger partial charge in [0, 0.05) is 17.3 Å². The molecular weight excluding hydrogens is 319 g/mol. The second-order valence-corrected chi connectivity index (χ2v) is 6.46. The number of aliphatic hydroxyl groups is 1. The number of hydrogen-bond donors (Lipinski definition) is 1. The van der Waals surface area contributed by atoms with Crippen LogP contribution in [0.3, 0.4) is 0 Å². The fraction of sp³-hybridized carbons (Fsp3) is 0.294. The van der Waals surface area contributed by atoms with Gasteiger partial charge in [-0.3, -0.25) is 0 Å². The minimum atomic E-state index is -0.896. The molecule has 1 nitrogen and oxygen atoms in total. The molecule has 20 heavy (non-hydrogen) atoms. The predicted octanol–water partition coefficient (Wildman–Crippen LogP) is 4.43. The molecule has 0 amide bonds. The molecular formula is C17H18BrFO. The van der Waals surface area contributed by atoms with Crippen molar-refractivity contribution in [3.05, 3.63) is 69.4 Å². The Labute approximate surface area is 127 Å². The highest BCUT2D eigenvalue weighted by atomic mass is 79.9. The van der Waals surface area contributed by atoms with E-state index in [0.717, 1.165) is 21.2 Å². The van der Waals surface area contributed by atoms with E-state index in [1.807, 2.05) is 31.2 Å². The molecule has 0 aliphatic heterocycles. The normalized spacial score (nSPS) is 14.1. The molecule has 0 spiro atoms. The van der Waals surface area contributed by atoms with Gasteiger partial charge in [-0.25, -0.2) is 4.39 Å². The summed E-state index contributed by atoms with van der Waals surface area (Å²) in [6.45, 7) is 3.73.